The van der Waals surface area contributed by atoms with Gasteiger partial charge in [-0.25, -0.2) is 0 Å². The Morgan fingerprint density at radius 2 is 2.12 bits per heavy atom. The molecule has 1 aromatic rings. The van der Waals surface area contributed by atoms with E-state index in [1.54, 1.807) is 0 Å². The van der Waals surface area contributed by atoms with Gasteiger partial charge in [-0.3, -0.25) is 4.99 Å². The highest BCUT2D eigenvalue weighted by Crippen LogP contribution is 2.37. The minimum Gasteiger partial charge on any atom is -0.370 e. The van der Waals surface area contributed by atoms with Crippen molar-refractivity contribution in [1.82, 2.24) is 0 Å². The Hall–Kier alpha value is -1.59. The summed E-state index contributed by atoms with van der Waals surface area (Å²) < 4.78 is 12.1. The van der Waals surface area contributed by atoms with Crippen LogP contribution in [-0.2, 0) is 9.47 Å². The molecule has 24 heavy (non-hydrogen) atoms. The topological polar surface area (TPSA) is 68.9 Å². The van der Waals surface area contributed by atoms with E-state index in [1.807, 2.05) is 12.1 Å². The lowest BCUT2D eigenvalue weighted by atomic mass is 9.94. The zero-order chi connectivity index (χ0) is 17.0. The van der Waals surface area contributed by atoms with Crippen molar-refractivity contribution in [3.63, 3.8) is 0 Å². The first-order valence-electron chi connectivity index (χ1n) is 9.05. The molecular formula is C19H29N3O2. The third-order valence-electron chi connectivity index (χ3n) is 4.82. The normalized spacial score (nSPS) is 23.8. The molecule has 3 rings (SSSR count). The van der Waals surface area contributed by atoms with Crippen LogP contribution in [0.5, 0.6) is 0 Å². The van der Waals surface area contributed by atoms with Gasteiger partial charge >= 0.3 is 0 Å². The molecular weight excluding hydrogens is 302 g/mol. The molecule has 1 saturated carbocycles. The zero-order valence-electron chi connectivity index (χ0n) is 14.8. The quantitative estimate of drug-likeness (QED) is 0.653. The number of rotatable bonds is 4. The molecule has 1 aliphatic carbocycles. The Kier molecular flexibility index (Phi) is 5.41. The van der Waals surface area contributed by atoms with Gasteiger partial charge in [-0.05, 0) is 36.5 Å². The summed E-state index contributed by atoms with van der Waals surface area (Å²) in [7, 11) is 0. The van der Waals surface area contributed by atoms with E-state index in [0.29, 0.717) is 25.0 Å². The average Bonchev–Trinajstić information content (AvgIpc) is 2.96. The van der Waals surface area contributed by atoms with Crippen LogP contribution in [-0.4, -0.2) is 31.0 Å². The van der Waals surface area contributed by atoms with Gasteiger partial charge in [0.1, 0.15) is 6.10 Å². The third-order valence-corrected chi connectivity index (χ3v) is 4.82. The van der Waals surface area contributed by atoms with Gasteiger partial charge in [-0.15, -0.1) is 0 Å². The average molecular weight is 331 g/mol. The Balaban J connectivity index is 1.52. The van der Waals surface area contributed by atoms with Crippen LogP contribution < -0.4 is 11.1 Å². The van der Waals surface area contributed by atoms with Crippen molar-refractivity contribution < 1.29 is 9.47 Å². The summed E-state index contributed by atoms with van der Waals surface area (Å²) in [6, 6.07) is 8.27. The molecule has 1 atom stereocenters. The van der Waals surface area contributed by atoms with Crippen LogP contribution >= 0.6 is 0 Å². The lowest BCUT2D eigenvalue weighted by Gasteiger charge is -2.31. The van der Waals surface area contributed by atoms with Crippen LogP contribution in [0.2, 0.25) is 0 Å². The second-order valence-electron chi connectivity index (χ2n) is 7.15. The lowest BCUT2D eigenvalue weighted by molar-refractivity contribution is -0.186. The molecule has 2 fully saturated rings. The highest BCUT2D eigenvalue weighted by Gasteiger charge is 2.41. The fourth-order valence-electron chi connectivity index (χ4n) is 3.42. The van der Waals surface area contributed by atoms with E-state index in [0.717, 1.165) is 18.5 Å². The summed E-state index contributed by atoms with van der Waals surface area (Å²) in [4.78, 5) is 4.43. The number of nitrogens with two attached hydrogens (primary N) is 1. The van der Waals surface area contributed by atoms with Crippen molar-refractivity contribution in [2.45, 2.75) is 63.8 Å². The van der Waals surface area contributed by atoms with Gasteiger partial charge in [0, 0.05) is 18.5 Å². The summed E-state index contributed by atoms with van der Waals surface area (Å²) in [5, 5.41) is 3.16. The standard InChI is InChI=1S/C19H29N3O2/c1-14(2)15-7-6-8-16(11-15)22-18(20)21-12-17-13-23-19(24-17)9-4-3-5-10-19/h6-8,11,14,17H,3-5,9-10,12-13H2,1-2H3,(H3,20,21,22). The third kappa shape index (κ3) is 4.28. The van der Waals surface area contributed by atoms with Gasteiger partial charge in [0.05, 0.1) is 13.2 Å². The first-order chi connectivity index (χ1) is 11.6. The fourth-order valence-corrected chi connectivity index (χ4v) is 3.42. The van der Waals surface area contributed by atoms with Crippen LogP contribution in [0.15, 0.2) is 29.3 Å². The van der Waals surface area contributed by atoms with Crippen molar-refractivity contribution in [2.75, 3.05) is 18.5 Å². The van der Waals surface area contributed by atoms with E-state index < -0.39 is 0 Å². The fraction of sp³-hybridized carbons (Fsp3) is 0.632. The maximum absolute atomic E-state index is 6.13. The lowest BCUT2D eigenvalue weighted by Crippen LogP contribution is -2.34. The molecule has 0 aromatic heterocycles. The van der Waals surface area contributed by atoms with Gasteiger partial charge in [0.2, 0.25) is 0 Å². The summed E-state index contributed by atoms with van der Waals surface area (Å²) in [6.07, 6.45) is 5.66. The predicted molar refractivity (Wildman–Crippen MR) is 97.3 cm³/mol. The van der Waals surface area contributed by atoms with Gasteiger partial charge < -0.3 is 20.5 Å². The zero-order valence-corrected chi connectivity index (χ0v) is 14.8. The molecule has 2 aliphatic rings. The van der Waals surface area contributed by atoms with E-state index in [1.165, 1.54) is 24.8 Å². The van der Waals surface area contributed by atoms with E-state index in [2.05, 4.69) is 36.3 Å². The Labute approximate surface area is 144 Å². The van der Waals surface area contributed by atoms with E-state index in [9.17, 15) is 0 Å². The second-order valence-corrected chi connectivity index (χ2v) is 7.15. The van der Waals surface area contributed by atoms with Gasteiger partial charge in [0.15, 0.2) is 11.7 Å². The van der Waals surface area contributed by atoms with Crippen LogP contribution in [0, 0.1) is 0 Å². The van der Waals surface area contributed by atoms with Crippen molar-refractivity contribution >= 4 is 11.6 Å². The number of anilines is 1. The highest BCUT2D eigenvalue weighted by atomic mass is 16.7. The van der Waals surface area contributed by atoms with E-state index >= 15 is 0 Å². The number of nitrogens with zero attached hydrogens (tertiary/aromatic N) is 1. The van der Waals surface area contributed by atoms with Gasteiger partial charge in [0.25, 0.3) is 0 Å². The molecule has 1 heterocycles. The molecule has 0 amide bonds. The molecule has 1 spiro atoms. The van der Waals surface area contributed by atoms with E-state index in [4.69, 9.17) is 15.2 Å². The van der Waals surface area contributed by atoms with Crippen LogP contribution in [0.1, 0.15) is 57.4 Å². The molecule has 1 unspecified atom stereocenters. The molecule has 0 radical (unpaired) electrons. The predicted octanol–water partition coefficient (Wildman–Crippen LogP) is 3.61. The Bertz CT molecular complexity index is 580. The second kappa shape index (κ2) is 7.53. The number of ether oxygens (including phenoxy) is 2. The van der Waals surface area contributed by atoms with E-state index in [-0.39, 0.29) is 11.9 Å². The maximum Gasteiger partial charge on any atom is 0.193 e. The molecule has 3 N–H and O–H groups in total. The molecule has 0 bridgehead atoms. The number of benzene rings is 1. The first-order valence-corrected chi connectivity index (χ1v) is 9.05. The summed E-state index contributed by atoms with van der Waals surface area (Å²) >= 11 is 0. The number of guanidine groups is 1. The molecule has 5 heteroatoms. The smallest absolute Gasteiger partial charge is 0.193 e. The monoisotopic (exact) mass is 331 g/mol. The molecule has 5 nitrogen and oxygen atoms in total. The largest absolute Gasteiger partial charge is 0.370 e. The summed E-state index contributed by atoms with van der Waals surface area (Å²) in [5.41, 5.74) is 8.27. The number of aliphatic imine (C=N–C) groups is 1. The Morgan fingerprint density at radius 3 is 2.88 bits per heavy atom. The van der Waals surface area contributed by atoms with Crippen LogP contribution in [0.3, 0.4) is 0 Å². The minimum absolute atomic E-state index is 0.00504. The molecule has 1 aromatic carbocycles. The number of hydrogen-bond donors (Lipinski definition) is 2. The number of hydrogen-bond acceptors (Lipinski definition) is 3. The van der Waals surface area contributed by atoms with Gasteiger partial charge in [-0.1, -0.05) is 32.4 Å². The summed E-state index contributed by atoms with van der Waals surface area (Å²) in [5.74, 6) is 0.566. The van der Waals surface area contributed by atoms with Gasteiger partial charge in [-0.2, -0.15) is 0 Å². The van der Waals surface area contributed by atoms with Crippen molar-refractivity contribution in [1.29, 1.82) is 0 Å². The van der Waals surface area contributed by atoms with Crippen LogP contribution in [0.4, 0.5) is 5.69 Å². The first kappa shape index (κ1) is 17.2. The molecule has 1 saturated heterocycles. The maximum atomic E-state index is 6.13. The molecule has 132 valence electrons. The SMILES string of the molecule is CC(C)c1cccc(NC(N)=NCC2COC3(CCCCC3)O2)c1. The Morgan fingerprint density at radius 1 is 1.33 bits per heavy atom. The van der Waals surface area contributed by atoms with Crippen LogP contribution in [0.25, 0.3) is 0 Å². The van der Waals surface area contributed by atoms with Crippen molar-refractivity contribution in [2.24, 2.45) is 10.7 Å². The summed E-state index contributed by atoms with van der Waals surface area (Å²) in [6.45, 7) is 5.49. The van der Waals surface area contributed by atoms with Crippen molar-refractivity contribution in [3.8, 4) is 0 Å². The highest BCUT2D eigenvalue weighted by molar-refractivity contribution is 5.92. The molecule has 1 aliphatic heterocycles. The van der Waals surface area contributed by atoms with Crippen molar-refractivity contribution in [3.05, 3.63) is 29.8 Å². The number of nitrogens with one attached hydrogen (secondary N) is 1. The minimum atomic E-state index is -0.341.